The first-order valence-electron chi connectivity index (χ1n) is 13.3. The molecule has 1 fully saturated rings. The van der Waals surface area contributed by atoms with Gasteiger partial charge in [-0.05, 0) is 75.8 Å². The normalized spacial score (nSPS) is 16.1. The molecule has 1 atom stereocenters. The second-order valence-electron chi connectivity index (χ2n) is 11.9. The van der Waals surface area contributed by atoms with Crippen molar-refractivity contribution in [3.05, 3.63) is 71.4 Å². The Labute approximate surface area is 230 Å². The van der Waals surface area contributed by atoms with E-state index >= 15 is 0 Å². The van der Waals surface area contributed by atoms with E-state index in [1.807, 2.05) is 39.8 Å². The number of nitrogens with zero attached hydrogens (tertiary/aromatic N) is 3. The minimum absolute atomic E-state index is 0.217. The molecule has 7 nitrogen and oxygen atoms in total. The van der Waals surface area contributed by atoms with Crippen LogP contribution in [0, 0.1) is 18.2 Å². The van der Waals surface area contributed by atoms with Crippen molar-refractivity contribution in [3.63, 3.8) is 0 Å². The van der Waals surface area contributed by atoms with Gasteiger partial charge in [-0.15, -0.1) is 0 Å². The zero-order valence-corrected chi connectivity index (χ0v) is 23.6. The number of hydrogen-bond donors (Lipinski definition) is 1. The lowest BCUT2D eigenvalue weighted by molar-refractivity contribution is -0.160. The number of carbonyl (C=O) groups is 1. The Morgan fingerprint density at radius 3 is 2.31 bits per heavy atom. The van der Waals surface area contributed by atoms with E-state index in [0.29, 0.717) is 22.7 Å². The van der Waals surface area contributed by atoms with Crippen LogP contribution in [0.2, 0.25) is 0 Å². The molecule has 39 heavy (non-hydrogen) atoms. The number of aliphatic carboxylic acids is 1. The van der Waals surface area contributed by atoms with Gasteiger partial charge in [0.25, 0.3) is 0 Å². The summed E-state index contributed by atoms with van der Waals surface area (Å²) in [4.78, 5) is 24.1. The van der Waals surface area contributed by atoms with Gasteiger partial charge in [-0.3, -0.25) is 9.97 Å². The molecule has 1 N–H and O–H groups in total. The Hall–Kier alpha value is -3.52. The Balaban J connectivity index is 1.72. The molecule has 0 saturated carbocycles. The van der Waals surface area contributed by atoms with Crippen molar-refractivity contribution in [2.24, 2.45) is 5.41 Å². The maximum absolute atomic E-state index is 13.2. The first kappa shape index (κ1) is 28.5. The van der Waals surface area contributed by atoms with E-state index in [2.05, 4.69) is 28.7 Å². The number of halogens is 1. The number of aryl methyl sites for hydroxylation is 1. The van der Waals surface area contributed by atoms with Crippen LogP contribution in [0.1, 0.15) is 70.4 Å². The zero-order valence-electron chi connectivity index (χ0n) is 23.6. The smallest absolute Gasteiger partial charge is 0.337 e. The van der Waals surface area contributed by atoms with Crippen LogP contribution in [0.4, 0.5) is 10.1 Å². The predicted octanol–water partition coefficient (Wildman–Crippen LogP) is 6.74. The summed E-state index contributed by atoms with van der Waals surface area (Å²) in [5.74, 6) is -0.769. The van der Waals surface area contributed by atoms with Crippen LogP contribution in [0.25, 0.3) is 11.3 Å². The van der Waals surface area contributed by atoms with Crippen molar-refractivity contribution >= 4 is 11.7 Å². The number of carboxylic acid groups (broad SMARTS) is 1. The number of piperidine rings is 1. The van der Waals surface area contributed by atoms with Crippen LogP contribution in [0.3, 0.4) is 0 Å². The molecule has 3 aromatic rings. The SMILES string of the molecule is Cc1ncc(-c2ccc(OCc3ccc(F)cc3)cn2)c(N2CCC(C)(C)CC2)c1[C@H](OC(C)(C)C)C(=O)O. The van der Waals surface area contributed by atoms with Crippen molar-refractivity contribution in [1.82, 2.24) is 9.97 Å². The van der Waals surface area contributed by atoms with Gasteiger partial charge in [-0.2, -0.15) is 0 Å². The number of ether oxygens (including phenoxy) is 2. The van der Waals surface area contributed by atoms with Gasteiger partial charge in [-0.1, -0.05) is 26.0 Å². The van der Waals surface area contributed by atoms with Gasteiger partial charge in [0.05, 0.1) is 23.2 Å². The van der Waals surface area contributed by atoms with Crippen LogP contribution < -0.4 is 9.64 Å². The van der Waals surface area contributed by atoms with E-state index in [9.17, 15) is 14.3 Å². The van der Waals surface area contributed by atoms with Crippen LogP contribution in [0.5, 0.6) is 5.75 Å². The van der Waals surface area contributed by atoms with Gasteiger partial charge in [-0.25, -0.2) is 9.18 Å². The molecule has 0 radical (unpaired) electrons. The summed E-state index contributed by atoms with van der Waals surface area (Å²) >= 11 is 0. The first-order valence-corrected chi connectivity index (χ1v) is 13.3. The molecule has 1 aliphatic heterocycles. The van der Waals surface area contributed by atoms with Gasteiger partial charge < -0.3 is 19.5 Å². The average Bonchev–Trinajstić information content (AvgIpc) is 2.87. The highest BCUT2D eigenvalue weighted by Crippen LogP contribution is 2.43. The van der Waals surface area contributed by atoms with E-state index in [0.717, 1.165) is 42.7 Å². The van der Waals surface area contributed by atoms with Crippen molar-refractivity contribution < 1.29 is 23.8 Å². The molecule has 3 heterocycles. The van der Waals surface area contributed by atoms with E-state index in [4.69, 9.17) is 9.47 Å². The molecule has 0 unspecified atom stereocenters. The summed E-state index contributed by atoms with van der Waals surface area (Å²) < 4.78 is 25.1. The minimum atomic E-state index is -1.18. The zero-order chi connectivity index (χ0) is 28.4. The quantitative estimate of drug-likeness (QED) is 0.342. The van der Waals surface area contributed by atoms with Crippen molar-refractivity contribution in [3.8, 4) is 17.0 Å². The maximum Gasteiger partial charge on any atom is 0.337 e. The van der Waals surface area contributed by atoms with Gasteiger partial charge in [0, 0.05) is 36.1 Å². The highest BCUT2D eigenvalue weighted by atomic mass is 19.1. The maximum atomic E-state index is 13.2. The first-order chi connectivity index (χ1) is 18.3. The number of rotatable bonds is 8. The average molecular weight is 536 g/mol. The molecule has 208 valence electrons. The number of aromatic nitrogens is 2. The van der Waals surface area contributed by atoms with Crippen LogP contribution in [0.15, 0.2) is 48.8 Å². The van der Waals surface area contributed by atoms with Crippen molar-refractivity contribution in [2.45, 2.75) is 72.7 Å². The fourth-order valence-corrected chi connectivity index (χ4v) is 4.74. The molecule has 0 amide bonds. The molecule has 8 heteroatoms. The summed E-state index contributed by atoms with van der Waals surface area (Å²) in [5, 5.41) is 10.3. The molecule has 1 saturated heterocycles. The molecular formula is C31H38FN3O4. The summed E-state index contributed by atoms with van der Waals surface area (Å²) in [5.41, 5.74) is 3.80. The van der Waals surface area contributed by atoms with E-state index in [-0.39, 0.29) is 17.8 Å². The Morgan fingerprint density at radius 1 is 1.08 bits per heavy atom. The van der Waals surface area contributed by atoms with Crippen molar-refractivity contribution in [2.75, 3.05) is 18.0 Å². The van der Waals surface area contributed by atoms with Crippen LogP contribution in [-0.2, 0) is 16.1 Å². The topological polar surface area (TPSA) is 84.8 Å². The molecule has 2 aromatic heterocycles. The summed E-state index contributed by atoms with van der Waals surface area (Å²) in [6.07, 6.45) is 4.19. The molecule has 0 bridgehead atoms. The third-order valence-electron chi connectivity index (χ3n) is 7.01. The van der Waals surface area contributed by atoms with Gasteiger partial charge in [0.15, 0.2) is 6.10 Å². The number of anilines is 1. The second-order valence-corrected chi connectivity index (χ2v) is 11.9. The van der Waals surface area contributed by atoms with Crippen LogP contribution >= 0.6 is 0 Å². The Morgan fingerprint density at radius 2 is 1.74 bits per heavy atom. The van der Waals surface area contributed by atoms with Crippen molar-refractivity contribution in [1.29, 1.82) is 0 Å². The van der Waals surface area contributed by atoms with Gasteiger partial charge in [0.2, 0.25) is 0 Å². The highest BCUT2D eigenvalue weighted by molar-refractivity contribution is 5.85. The summed E-state index contributed by atoms with van der Waals surface area (Å²) in [7, 11) is 0. The number of benzene rings is 1. The second kappa shape index (κ2) is 11.3. The van der Waals surface area contributed by atoms with E-state index in [1.165, 1.54) is 12.1 Å². The molecule has 1 aliphatic rings. The summed E-state index contributed by atoms with van der Waals surface area (Å²) in [6.45, 7) is 13.8. The lowest BCUT2D eigenvalue weighted by atomic mass is 9.82. The fourth-order valence-electron chi connectivity index (χ4n) is 4.74. The molecule has 4 rings (SSSR count). The molecule has 0 aliphatic carbocycles. The number of hydrogen-bond acceptors (Lipinski definition) is 6. The largest absolute Gasteiger partial charge is 0.487 e. The fraction of sp³-hybridized carbons (Fsp3) is 0.452. The van der Waals surface area contributed by atoms with Crippen LogP contribution in [-0.4, -0.2) is 39.7 Å². The monoisotopic (exact) mass is 535 g/mol. The van der Waals surface area contributed by atoms with Gasteiger partial charge in [0.1, 0.15) is 18.2 Å². The lowest BCUT2D eigenvalue weighted by Gasteiger charge is -2.40. The number of carboxylic acids is 1. The minimum Gasteiger partial charge on any atom is -0.487 e. The van der Waals surface area contributed by atoms with Gasteiger partial charge >= 0.3 is 5.97 Å². The predicted molar refractivity (Wildman–Crippen MR) is 149 cm³/mol. The molecule has 0 spiro atoms. The highest BCUT2D eigenvalue weighted by Gasteiger charge is 2.36. The Bertz CT molecular complexity index is 1290. The Kier molecular flexibility index (Phi) is 8.25. The lowest BCUT2D eigenvalue weighted by Crippen LogP contribution is -2.39. The number of pyridine rings is 2. The summed E-state index contributed by atoms with van der Waals surface area (Å²) in [6, 6.07) is 9.85. The van der Waals surface area contributed by atoms with E-state index in [1.54, 1.807) is 24.5 Å². The standard InChI is InChI=1S/C31H38FN3O4/c1-20-26(28(29(36)37)39-30(2,3)4)27(35-15-13-31(5,6)14-16-35)24(18-33-20)25-12-11-23(17-34-25)38-19-21-7-9-22(32)10-8-21/h7-12,17-18,28H,13-16,19H2,1-6H3,(H,36,37)/t28-/m0/s1. The molecule has 1 aromatic carbocycles. The third-order valence-corrected chi connectivity index (χ3v) is 7.01. The molecular weight excluding hydrogens is 497 g/mol. The third kappa shape index (κ3) is 7.12. The van der Waals surface area contributed by atoms with E-state index < -0.39 is 17.7 Å².